The van der Waals surface area contributed by atoms with E-state index in [4.69, 9.17) is 24.4 Å². The van der Waals surface area contributed by atoms with Crippen molar-refractivity contribution in [1.29, 1.82) is 0 Å². The highest BCUT2D eigenvalue weighted by Gasteiger charge is 2.45. The molecule has 0 radical (unpaired) electrons. The van der Waals surface area contributed by atoms with Crippen molar-refractivity contribution in [3.8, 4) is 17.1 Å². The maximum Gasteiger partial charge on any atom is 0.416 e. The first-order valence-electron chi connectivity index (χ1n) is 22.4. The van der Waals surface area contributed by atoms with Gasteiger partial charge in [-0.25, -0.2) is 19.4 Å². The molecule has 1 unspecified atom stereocenters. The summed E-state index contributed by atoms with van der Waals surface area (Å²) in [5, 5.41) is 12.0. The summed E-state index contributed by atoms with van der Waals surface area (Å²) in [5.74, 6) is -5.21. The third kappa shape index (κ3) is 12.7. The van der Waals surface area contributed by atoms with Gasteiger partial charge in [-0.3, -0.25) is 48.7 Å². The molecule has 2 aliphatic rings. The number of carbonyl (C=O) groups is 8. The number of fused-ring (bicyclic) bond motifs is 1. The van der Waals surface area contributed by atoms with Crippen molar-refractivity contribution in [2.24, 2.45) is 5.73 Å². The van der Waals surface area contributed by atoms with Crippen LogP contribution >= 0.6 is 0 Å². The number of hydrogen-bond acceptors (Lipinski definition) is 16. The molecule has 0 saturated carbocycles. The fourth-order valence-corrected chi connectivity index (χ4v) is 7.43. The Bertz CT molecular complexity index is 2950. The average Bonchev–Trinajstić information content (AvgIpc) is 4.06. The number of carbonyl (C=O) groups excluding carboxylic acids is 8. The summed E-state index contributed by atoms with van der Waals surface area (Å²) < 4.78 is 63.5. The summed E-state index contributed by atoms with van der Waals surface area (Å²) in [6.45, 7) is 4.13. The number of hydrogen-bond donors (Lipinski definition) is 4. The molecule has 1 atom stereocenters. The monoisotopic (exact) mass is 1020 g/mol. The number of nitrogens with zero attached hydrogens (tertiary/aromatic N) is 7. The van der Waals surface area contributed by atoms with E-state index in [1.807, 2.05) is 0 Å². The van der Waals surface area contributed by atoms with Crippen molar-refractivity contribution in [2.45, 2.75) is 51.4 Å². The maximum atomic E-state index is 13.5. The summed E-state index contributed by atoms with van der Waals surface area (Å²) in [6, 6.07) is 12.3. The lowest BCUT2D eigenvalue weighted by Gasteiger charge is -2.27. The number of ether oxygens (including phenoxy) is 3. The molecule has 3 aromatic heterocycles. The number of benzene rings is 2. The van der Waals surface area contributed by atoms with Crippen LogP contribution in [0.25, 0.3) is 17.1 Å². The van der Waals surface area contributed by atoms with Gasteiger partial charge in [0.2, 0.25) is 17.7 Å². The van der Waals surface area contributed by atoms with Crippen molar-refractivity contribution in [3.05, 3.63) is 101 Å². The summed E-state index contributed by atoms with van der Waals surface area (Å²) in [6.07, 6.45) is -2.65. The summed E-state index contributed by atoms with van der Waals surface area (Å²) in [5.41, 5.74) is 5.19. The van der Waals surface area contributed by atoms with Gasteiger partial charge in [-0.15, -0.1) is 0 Å². The number of alkyl halides is 3. The van der Waals surface area contributed by atoms with Gasteiger partial charge in [-0.05, 0) is 75.7 Å². The average molecular weight is 1020 g/mol. The third-order valence-electron chi connectivity index (χ3n) is 10.9. The number of pyridine rings is 1. The molecule has 0 bridgehead atoms. The Labute approximate surface area is 413 Å². The van der Waals surface area contributed by atoms with Gasteiger partial charge < -0.3 is 39.9 Å². The van der Waals surface area contributed by atoms with Crippen molar-refractivity contribution >= 4 is 64.6 Å². The minimum absolute atomic E-state index is 0.0144. The first-order chi connectivity index (χ1) is 34.6. The van der Waals surface area contributed by atoms with E-state index in [2.05, 4.69) is 31.0 Å². The second kappa shape index (κ2) is 21.9. The van der Waals surface area contributed by atoms with E-state index < -0.39 is 71.7 Å². The highest BCUT2D eigenvalue weighted by atomic mass is 19.4. The number of likely N-dealkylation sites (N-methyl/N-ethyl adjacent to an activating group) is 1. The molecule has 1 fully saturated rings. The lowest BCUT2D eigenvalue weighted by Crippen LogP contribution is -2.54. The molecule has 26 heteroatoms. The number of anilines is 3. The number of aromatic nitrogens is 4. The van der Waals surface area contributed by atoms with Crippen LogP contribution in [-0.2, 0) is 23.8 Å². The first-order valence-corrected chi connectivity index (χ1v) is 22.4. The van der Waals surface area contributed by atoms with E-state index >= 15 is 0 Å². The van der Waals surface area contributed by atoms with Gasteiger partial charge in [0.05, 0.1) is 55.1 Å². The third-order valence-corrected chi connectivity index (χ3v) is 10.9. The summed E-state index contributed by atoms with van der Waals surface area (Å²) in [7, 11) is 1.59. The van der Waals surface area contributed by atoms with Crippen LogP contribution in [0.3, 0.4) is 0 Å². The lowest BCUT2D eigenvalue weighted by molar-refractivity contribution is -0.136. The molecule has 7 rings (SSSR count). The topological polar surface area (TPSA) is 293 Å². The zero-order chi connectivity index (χ0) is 52.8. The molecule has 73 heavy (non-hydrogen) atoms. The van der Waals surface area contributed by atoms with Crippen molar-refractivity contribution in [1.82, 2.24) is 34.9 Å². The predicted octanol–water partition coefficient (Wildman–Crippen LogP) is 4.20. The smallest absolute Gasteiger partial charge is 0.416 e. The van der Waals surface area contributed by atoms with E-state index in [-0.39, 0.29) is 97.9 Å². The molecule has 5 heterocycles. The number of primary amides is 1. The standard InChI is InChI=1S/C47H48F3N11O12/c1-46(2,3)73-45(69)59(25-47(48,49)50)34-22-27(14-15-53-34)41-55-32(24-72-41)39(64)54-31-23-60(57-37(31)38(51)63)28-10-8-26(9-11-28)42(66)58(4)17-19-71-21-20-70-18-16-52-30-7-5-6-29-36(30)44(68)61(43(29)67)33-12-13-35(62)56-40(33)65/h5-11,14-15,22-24,33,52H,12-13,16-21,25H2,1-4H3,(H2,51,63)(H,54,64)(H,56,62,65). The van der Waals surface area contributed by atoms with Gasteiger partial charge in [0, 0.05) is 49.6 Å². The fraction of sp³-hybridized carbons (Fsp3) is 0.340. The first kappa shape index (κ1) is 52.3. The quantitative estimate of drug-likeness (QED) is 0.0666. The molecule has 23 nitrogen and oxygen atoms in total. The van der Waals surface area contributed by atoms with Gasteiger partial charge in [0.25, 0.3) is 29.5 Å². The Kier molecular flexibility index (Phi) is 15.7. The number of nitrogens with two attached hydrogens (primary N) is 1. The number of rotatable bonds is 19. The molecule has 384 valence electrons. The Morgan fingerprint density at radius 1 is 0.945 bits per heavy atom. The Balaban J connectivity index is 0.862. The van der Waals surface area contributed by atoms with Crippen LogP contribution in [0.5, 0.6) is 0 Å². The molecule has 8 amide bonds. The largest absolute Gasteiger partial charge is 0.444 e. The number of amides is 8. The second-order valence-corrected chi connectivity index (χ2v) is 17.4. The number of piperidine rings is 1. The fourth-order valence-electron chi connectivity index (χ4n) is 7.43. The number of halogens is 3. The summed E-state index contributed by atoms with van der Waals surface area (Å²) >= 11 is 0. The minimum atomic E-state index is -4.80. The minimum Gasteiger partial charge on any atom is -0.444 e. The van der Waals surface area contributed by atoms with Crippen molar-refractivity contribution in [2.75, 3.05) is 68.6 Å². The van der Waals surface area contributed by atoms with E-state index in [1.165, 1.54) is 60.8 Å². The van der Waals surface area contributed by atoms with Gasteiger partial charge >= 0.3 is 12.3 Å². The normalized spacial score (nSPS) is 14.7. The number of nitrogens with one attached hydrogen (secondary N) is 3. The Morgan fingerprint density at radius 3 is 2.36 bits per heavy atom. The second-order valence-electron chi connectivity index (χ2n) is 17.4. The van der Waals surface area contributed by atoms with Crippen molar-refractivity contribution < 1.29 is 70.2 Å². The van der Waals surface area contributed by atoms with Crippen LogP contribution in [-0.4, -0.2) is 148 Å². The molecule has 5 aromatic rings. The SMILES string of the molecule is CN(CCOCCOCCNc1cccc2c1C(=O)N(C1CCC(=O)NC1=O)C2=O)C(=O)c1ccc(-n2cc(NC(=O)c3coc(-c4ccnc(N(CC(F)(F)F)C(=O)OC(C)(C)C)c4)n3)c(C(N)=O)n2)cc1. The molecule has 0 aliphatic carbocycles. The maximum absolute atomic E-state index is 13.5. The molecule has 5 N–H and O–H groups in total. The van der Waals surface area contributed by atoms with Crippen LogP contribution in [0.1, 0.15) is 85.7 Å². The molecule has 2 aliphatic heterocycles. The predicted molar refractivity (Wildman–Crippen MR) is 250 cm³/mol. The molecular formula is C47H48F3N11O12. The van der Waals surface area contributed by atoms with Crippen LogP contribution in [0.2, 0.25) is 0 Å². The zero-order valence-corrected chi connectivity index (χ0v) is 39.6. The van der Waals surface area contributed by atoms with E-state index in [0.29, 0.717) is 21.8 Å². The van der Waals surface area contributed by atoms with E-state index in [1.54, 1.807) is 31.3 Å². The van der Waals surface area contributed by atoms with Gasteiger partial charge in [-0.2, -0.15) is 18.3 Å². The van der Waals surface area contributed by atoms with Crippen LogP contribution < -0.4 is 26.6 Å². The number of imide groups is 2. The van der Waals surface area contributed by atoms with Gasteiger partial charge in [0.1, 0.15) is 30.3 Å². The summed E-state index contributed by atoms with van der Waals surface area (Å²) in [4.78, 5) is 113. The Hall–Kier alpha value is -8.52. The lowest BCUT2D eigenvalue weighted by atomic mass is 10.0. The molecule has 0 spiro atoms. The Morgan fingerprint density at radius 2 is 1.67 bits per heavy atom. The van der Waals surface area contributed by atoms with Gasteiger partial charge in [-0.1, -0.05) is 6.07 Å². The van der Waals surface area contributed by atoms with Gasteiger partial charge in [0.15, 0.2) is 11.4 Å². The highest BCUT2D eigenvalue weighted by Crippen LogP contribution is 2.33. The van der Waals surface area contributed by atoms with E-state index in [0.717, 1.165) is 23.4 Å². The molecule has 2 aromatic carbocycles. The van der Waals surface area contributed by atoms with Crippen LogP contribution in [0.15, 0.2) is 77.7 Å². The zero-order valence-electron chi connectivity index (χ0n) is 39.6. The van der Waals surface area contributed by atoms with E-state index in [9.17, 15) is 51.5 Å². The molecular weight excluding hydrogens is 968 g/mol. The van der Waals surface area contributed by atoms with Crippen LogP contribution in [0.4, 0.5) is 35.2 Å². The van der Waals surface area contributed by atoms with Crippen LogP contribution in [0, 0.1) is 0 Å². The van der Waals surface area contributed by atoms with Crippen molar-refractivity contribution in [3.63, 3.8) is 0 Å². The molecule has 1 saturated heterocycles. The number of oxazole rings is 1. The highest BCUT2D eigenvalue weighted by molar-refractivity contribution is 6.25.